The summed E-state index contributed by atoms with van der Waals surface area (Å²) in [6, 6.07) is 104. The Morgan fingerprint density at radius 1 is 0.347 bits per heavy atom. The van der Waals surface area contributed by atoms with Crippen LogP contribution in [0.25, 0.3) is 145 Å². The Labute approximate surface area is 730 Å². The number of rotatable bonds is 13. The summed E-state index contributed by atoms with van der Waals surface area (Å²) in [5.41, 5.74) is 25.8. The van der Waals surface area contributed by atoms with Crippen molar-refractivity contribution in [2.24, 2.45) is 0 Å². The van der Waals surface area contributed by atoms with Crippen molar-refractivity contribution in [2.45, 2.75) is 88.5 Å². The van der Waals surface area contributed by atoms with Crippen LogP contribution in [-0.2, 0) is 80.1 Å². The summed E-state index contributed by atoms with van der Waals surface area (Å²) < 4.78 is 18.3. The summed E-state index contributed by atoms with van der Waals surface area (Å²) in [7, 11) is 0. The normalized spacial score (nSPS) is 11.0. The molecule has 0 atom stereocenters. The number of carbonyl (C=O) groups is 3. The molecule has 6 aromatic heterocycles. The molecular formula is C103H90Ir3N3O9-3. The minimum atomic E-state index is -0.125. The minimum Gasteiger partial charge on any atom is -0.512 e. The number of furan rings is 3. The zero-order valence-corrected chi connectivity index (χ0v) is 74.8. The average Bonchev–Trinajstić information content (AvgIpc) is 1.63. The molecule has 118 heavy (non-hydrogen) atoms. The Balaban J connectivity index is 0.000000195. The van der Waals surface area contributed by atoms with Gasteiger partial charge in [-0.25, -0.2) is 0 Å². The fourth-order valence-electron chi connectivity index (χ4n) is 13.0. The van der Waals surface area contributed by atoms with Crippen LogP contribution in [0.1, 0.15) is 84.6 Å². The van der Waals surface area contributed by atoms with Crippen molar-refractivity contribution in [2.75, 3.05) is 0 Å². The first kappa shape index (κ1) is 91.4. The van der Waals surface area contributed by atoms with Crippen molar-refractivity contribution in [1.82, 2.24) is 15.0 Å². The molecule has 3 N–H and O–H groups in total. The Bertz CT molecular complexity index is 6040. The van der Waals surface area contributed by atoms with Crippen LogP contribution >= 0.6 is 0 Å². The number of hydrogen-bond acceptors (Lipinski definition) is 12. The van der Waals surface area contributed by atoms with Gasteiger partial charge in [0.2, 0.25) is 0 Å². The quantitative estimate of drug-likeness (QED) is 0.0563. The standard InChI is InChI=1S/C33H24NO.C29H24NO.C26H18NO.3C5H8O2.3Ir/c1-22-8-6-9-23(2)33(22)26-16-14-25(15-17-26)31-20-29-19-30(34-21-32(29)35-31)28-13-7-12-27(18-28)24-10-4-3-5-11-24;1-29(2,3)25-14-12-21(13-15-25)27-18-24-17-26(30-19-28(24)31-27)23-11-7-10-22(16-23)20-8-5-4-6-9-20;1-18-23-16-24(22-14-8-13-21(15-22)19-9-4-2-5-10-19)27-17-25(23)28-26(18)20-11-6-3-7-12-20;3*1-4(6)3-5(2)7;;;/h3-12,14-21H,1-2H3;4-10,12-19H,1-3H3;2-13,15-17H,1H3;3*3,6H,1-2H3;;;/q3*-1;;;;;;. The number of carbonyl (C=O) groups excluding carboxylic acids is 3. The van der Waals surface area contributed by atoms with Crippen LogP contribution in [-0.4, -0.2) is 47.6 Å². The zero-order valence-electron chi connectivity index (χ0n) is 67.6. The number of allylic oxidation sites excluding steroid dienone is 6. The van der Waals surface area contributed by atoms with E-state index in [0.717, 1.165) is 123 Å². The summed E-state index contributed by atoms with van der Waals surface area (Å²) in [5.74, 6) is 2.41. The van der Waals surface area contributed by atoms with E-state index in [1.54, 1.807) is 6.20 Å². The monoisotopic (exact) mass is 2090 g/mol. The second-order valence-electron chi connectivity index (χ2n) is 28.9. The molecule has 0 aliphatic carbocycles. The molecule has 0 aliphatic heterocycles. The summed E-state index contributed by atoms with van der Waals surface area (Å²) in [6.07, 6.45) is 8.93. The third-order valence-corrected chi connectivity index (χ3v) is 18.4. The van der Waals surface area contributed by atoms with Crippen LogP contribution in [0.2, 0.25) is 0 Å². The van der Waals surface area contributed by atoms with Gasteiger partial charge in [0.05, 0.1) is 35.9 Å². The van der Waals surface area contributed by atoms with E-state index in [1.807, 2.05) is 67.0 Å². The maximum atomic E-state index is 10.0. The van der Waals surface area contributed by atoms with Gasteiger partial charge in [-0.2, -0.15) is 0 Å². The van der Waals surface area contributed by atoms with Gasteiger partial charge in [0.15, 0.2) is 34.1 Å². The molecule has 0 aliphatic rings. The molecule has 16 aromatic rings. The van der Waals surface area contributed by atoms with Crippen LogP contribution in [0, 0.1) is 39.0 Å². The van der Waals surface area contributed by atoms with Gasteiger partial charge in [-0.15, -0.1) is 106 Å². The molecule has 16 rings (SSSR count). The molecule has 15 heteroatoms. The van der Waals surface area contributed by atoms with Gasteiger partial charge in [-0.3, -0.25) is 14.4 Å². The molecule has 0 amide bonds. The van der Waals surface area contributed by atoms with Gasteiger partial charge >= 0.3 is 0 Å². The summed E-state index contributed by atoms with van der Waals surface area (Å²) >= 11 is 0. The van der Waals surface area contributed by atoms with Crippen molar-refractivity contribution >= 4 is 50.3 Å². The molecule has 0 unspecified atom stereocenters. The third-order valence-electron chi connectivity index (χ3n) is 18.4. The molecule has 601 valence electrons. The molecule has 12 nitrogen and oxygen atoms in total. The number of aliphatic hydroxyl groups is 3. The van der Waals surface area contributed by atoms with Crippen molar-refractivity contribution in [3.63, 3.8) is 0 Å². The topological polar surface area (TPSA) is 190 Å². The molecular weight excluding hydrogens is 2000 g/mol. The van der Waals surface area contributed by atoms with Crippen LogP contribution in [0.15, 0.2) is 340 Å². The molecule has 0 saturated heterocycles. The summed E-state index contributed by atoms with van der Waals surface area (Å²) in [4.78, 5) is 44.0. The molecule has 0 spiro atoms. The Morgan fingerprint density at radius 2 is 0.678 bits per heavy atom. The molecule has 10 aromatic carbocycles. The Kier molecular flexibility index (Phi) is 33.4. The van der Waals surface area contributed by atoms with Gasteiger partial charge in [-0.1, -0.05) is 227 Å². The van der Waals surface area contributed by atoms with Crippen molar-refractivity contribution in [3.8, 4) is 112 Å². The first-order valence-corrected chi connectivity index (χ1v) is 37.7. The molecule has 0 bridgehead atoms. The van der Waals surface area contributed by atoms with E-state index >= 15 is 0 Å². The third kappa shape index (κ3) is 25.2. The second-order valence-corrected chi connectivity index (χ2v) is 28.9. The first-order chi connectivity index (χ1) is 55.3. The van der Waals surface area contributed by atoms with Gasteiger partial charge in [-0.05, 0) is 141 Å². The molecule has 0 fully saturated rings. The van der Waals surface area contributed by atoms with Crippen LogP contribution in [0.5, 0.6) is 0 Å². The minimum absolute atomic E-state index is 0. The fourth-order valence-corrected chi connectivity index (χ4v) is 13.0. The Morgan fingerprint density at radius 3 is 1.02 bits per heavy atom. The van der Waals surface area contributed by atoms with Crippen molar-refractivity contribution < 1.29 is 103 Å². The first-order valence-electron chi connectivity index (χ1n) is 37.7. The predicted molar refractivity (Wildman–Crippen MR) is 467 cm³/mol. The van der Waals surface area contributed by atoms with E-state index in [2.05, 4.69) is 293 Å². The van der Waals surface area contributed by atoms with E-state index in [0.29, 0.717) is 0 Å². The number of aliphatic hydroxyl groups excluding tert-OH is 3. The van der Waals surface area contributed by atoms with Crippen molar-refractivity contribution in [1.29, 1.82) is 0 Å². The number of aromatic nitrogens is 3. The fraction of sp³-hybridized carbons (Fsp3) is 0.126. The zero-order chi connectivity index (χ0) is 81.7. The molecule has 0 saturated carbocycles. The average molecular weight is 2090 g/mol. The molecule has 6 heterocycles. The number of ketones is 3. The van der Waals surface area contributed by atoms with E-state index in [4.69, 9.17) is 28.6 Å². The van der Waals surface area contributed by atoms with E-state index in [-0.39, 0.29) is 100 Å². The van der Waals surface area contributed by atoms with E-state index in [1.165, 1.54) is 104 Å². The largest absolute Gasteiger partial charge is 0.512 e. The maximum absolute atomic E-state index is 10.0. The van der Waals surface area contributed by atoms with Gasteiger partial charge in [0.1, 0.15) is 17.3 Å². The number of aryl methyl sites for hydroxylation is 3. The van der Waals surface area contributed by atoms with Crippen LogP contribution in [0.4, 0.5) is 0 Å². The number of pyridine rings is 3. The number of hydrogen-bond donors (Lipinski definition) is 3. The maximum Gasteiger partial charge on any atom is 0.155 e. The predicted octanol–water partition coefficient (Wildman–Crippen LogP) is 26.9. The van der Waals surface area contributed by atoms with Gasteiger partial charge < -0.3 is 43.5 Å². The number of benzene rings is 10. The van der Waals surface area contributed by atoms with E-state index < -0.39 is 0 Å². The van der Waals surface area contributed by atoms with Gasteiger partial charge in [0.25, 0.3) is 0 Å². The van der Waals surface area contributed by atoms with Crippen molar-refractivity contribution in [3.05, 3.63) is 368 Å². The number of nitrogens with zero attached hydrogens (tertiary/aromatic N) is 3. The van der Waals surface area contributed by atoms with Crippen LogP contribution in [0.3, 0.4) is 0 Å². The summed E-state index contributed by atoms with van der Waals surface area (Å²) in [5, 5.41) is 28.2. The van der Waals surface area contributed by atoms with Gasteiger partial charge in [0, 0.05) is 117 Å². The number of fused-ring (bicyclic) bond motifs is 3. The molecule has 3 radical (unpaired) electrons. The SMILES string of the molecule is CC(=O)C=C(C)O.CC(=O)C=C(C)O.CC(=O)C=C(C)O.CC(C)(C)c1ccc(-c2cc3cc(-c4[c-]ccc(-c5ccccc5)c4)ncc3o2)cc1.Cc1c(-c2ccccc2)oc2cnc(-c3[c-]ccc(-c4ccccc4)c3)cc12.Cc1cccc(C)c1-c1ccc(-c2cc3cc(-c4[c-]ccc(-c5ccccc5)c4)ncc3o2)cc1.[Ir].[Ir].[Ir]. The van der Waals surface area contributed by atoms with E-state index in [9.17, 15) is 14.4 Å². The second kappa shape index (κ2) is 43.2. The van der Waals surface area contributed by atoms with Crippen LogP contribution < -0.4 is 0 Å². The summed E-state index contributed by atoms with van der Waals surface area (Å²) in [6.45, 7) is 21.6. The Hall–Kier alpha value is -12.2. The smallest absolute Gasteiger partial charge is 0.155 e.